The summed E-state index contributed by atoms with van der Waals surface area (Å²) in [6.45, 7) is 4.38. The number of amides is 1. The number of hydrazine groups is 1. The molecule has 1 rings (SSSR count). The minimum absolute atomic E-state index is 0.0619. The summed E-state index contributed by atoms with van der Waals surface area (Å²) in [4.78, 5) is 13.5. The normalized spacial score (nSPS) is 19.0. The predicted molar refractivity (Wildman–Crippen MR) is 51.1 cm³/mol. The van der Waals surface area contributed by atoms with E-state index in [1.165, 1.54) is 0 Å². The van der Waals surface area contributed by atoms with E-state index in [1.807, 2.05) is 14.1 Å². The van der Waals surface area contributed by atoms with Crippen LogP contribution in [0.4, 0.5) is 0 Å². The Morgan fingerprint density at radius 3 is 2.62 bits per heavy atom. The predicted octanol–water partition coefficient (Wildman–Crippen LogP) is -1.52. The van der Waals surface area contributed by atoms with Crippen molar-refractivity contribution >= 4 is 5.91 Å². The number of rotatable bonds is 3. The van der Waals surface area contributed by atoms with Gasteiger partial charge in [0.1, 0.15) is 0 Å². The van der Waals surface area contributed by atoms with Crippen molar-refractivity contribution in [3.8, 4) is 0 Å². The second-order valence-electron chi connectivity index (χ2n) is 3.46. The Labute approximate surface area is 79.0 Å². The minimum Gasteiger partial charge on any atom is -0.314 e. The van der Waals surface area contributed by atoms with E-state index in [0.29, 0.717) is 6.54 Å². The Hall–Kier alpha value is -0.650. The van der Waals surface area contributed by atoms with E-state index in [1.54, 1.807) is 5.01 Å². The highest BCUT2D eigenvalue weighted by Gasteiger charge is 2.13. The van der Waals surface area contributed by atoms with Gasteiger partial charge in [0.2, 0.25) is 5.91 Å². The van der Waals surface area contributed by atoms with E-state index < -0.39 is 0 Å². The maximum absolute atomic E-state index is 11.3. The molecule has 1 saturated heterocycles. The van der Waals surface area contributed by atoms with Crippen molar-refractivity contribution in [2.24, 2.45) is 0 Å². The van der Waals surface area contributed by atoms with E-state index in [0.717, 1.165) is 26.2 Å². The molecule has 0 radical (unpaired) electrons. The van der Waals surface area contributed by atoms with Crippen LogP contribution >= 0.6 is 0 Å². The quantitative estimate of drug-likeness (QED) is 0.526. The molecule has 1 amide bonds. The van der Waals surface area contributed by atoms with Crippen molar-refractivity contribution < 1.29 is 4.79 Å². The van der Waals surface area contributed by atoms with Gasteiger partial charge in [0.25, 0.3) is 0 Å². The van der Waals surface area contributed by atoms with Gasteiger partial charge in [0, 0.05) is 40.3 Å². The first-order valence-corrected chi connectivity index (χ1v) is 4.58. The van der Waals surface area contributed by atoms with E-state index in [-0.39, 0.29) is 5.91 Å². The number of carbonyl (C=O) groups is 1. The maximum Gasteiger partial charge on any atom is 0.248 e. The Balaban J connectivity index is 2.18. The Bertz CT molecular complexity index is 166. The summed E-state index contributed by atoms with van der Waals surface area (Å²) in [6.07, 6.45) is 0. The van der Waals surface area contributed by atoms with Gasteiger partial charge in [0.15, 0.2) is 0 Å². The van der Waals surface area contributed by atoms with Gasteiger partial charge in [-0.1, -0.05) is 0 Å². The summed E-state index contributed by atoms with van der Waals surface area (Å²) in [5.41, 5.74) is 2.72. The molecule has 1 heterocycles. The Morgan fingerprint density at radius 2 is 2.08 bits per heavy atom. The first-order chi connectivity index (χ1) is 6.18. The summed E-state index contributed by atoms with van der Waals surface area (Å²) in [6, 6.07) is 0. The van der Waals surface area contributed by atoms with Crippen LogP contribution in [0.1, 0.15) is 0 Å². The first-order valence-electron chi connectivity index (χ1n) is 4.58. The van der Waals surface area contributed by atoms with E-state index >= 15 is 0 Å². The highest BCUT2D eigenvalue weighted by Crippen LogP contribution is 1.90. The largest absolute Gasteiger partial charge is 0.314 e. The maximum atomic E-state index is 11.3. The Kier molecular flexibility index (Phi) is 4.14. The lowest BCUT2D eigenvalue weighted by Gasteiger charge is -2.26. The average molecular weight is 186 g/mol. The molecule has 0 bridgehead atoms. The van der Waals surface area contributed by atoms with Gasteiger partial charge in [-0.25, -0.2) is 5.01 Å². The van der Waals surface area contributed by atoms with Gasteiger partial charge in [-0.2, -0.15) is 0 Å². The van der Waals surface area contributed by atoms with Crippen molar-refractivity contribution in [1.82, 2.24) is 20.7 Å². The average Bonchev–Trinajstić information content (AvgIpc) is 2.04. The molecule has 76 valence electrons. The van der Waals surface area contributed by atoms with Crippen molar-refractivity contribution in [3.05, 3.63) is 0 Å². The summed E-state index contributed by atoms with van der Waals surface area (Å²) in [5, 5.41) is 4.92. The molecular formula is C8H18N4O. The van der Waals surface area contributed by atoms with Gasteiger partial charge in [-0.3, -0.25) is 15.1 Å². The fourth-order valence-electron chi connectivity index (χ4n) is 1.36. The van der Waals surface area contributed by atoms with E-state index in [4.69, 9.17) is 0 Å². The van der Waals surface area contributed by atoms with Crippen LogP contribution in [0, 0.1) is 0 Å². The summed E-state index contributed by atoms with van der Waals surface area (Å²) in [5.74, 6) is 0.0619. The van der Waals surface area contributed by atoms with Crippen LogP contribution in [0.3, 0.4) is 0 Å². The number of nitrogens with one attached hydrogen (secondary N) is 2. The molecular weight excluding hydrogens is 168 g/mol. The summed E-state index contributed by atoms with van der Waals surface area (Å²) >= 11 is 0. The third kappa shape index (κ3) is 4.21. The van der Waals surface area contributed by atoms with Gasteiger partial charge in [-0.05, 0) is 0 Å². The third-order valence-electron chi connectivity index (χ3n) is 1.93. The van der Waals surface area contributed by atoms with Crippen molar-refractivity contribution in [3.63, 3.8) is 0 Å². The van der Waals surface area contributed by atoms with Crippen LogP contribution in [0.25, 0.3) is 0 Å². The SMILES string of the molecule is CN(C)NC(=O)CN1CCNCC1. The zero-order valence-electron chi connectivity index (χ0n) is 8.34. The number of nitrogens with zero attached hydrogens (tertiary/aromatic N) is 2. The highest BCUT2D eigenvalue weighted by molar-refractivity contribution is 5.77. The second-order valence-corrected chi connectivity index (χ2v) is 3.46. The van der Waals surface area contributed by atoms with Crippen molar-refractivity contribution in [2.75, 3.05) is 46.8 Å². The molecule has 5 heteroatoms. The third-order valence-corrected chi connectivity index (χ3v) is 1.93. The molecule has 1 fully saturated rings. The molecule has 1 aliphatic rings. The molecule has 0 aromatic heterocycles. The lowest BCUT2D eigenvalue weighted by Crippen LogP contribution is -2.49. The van der Waals surface area contributed by atoms with Crippen molar-refractivity contribution in [2.45, 2.75) is 0 Å². The van der Waals surface area contributed by atoms with Gasteiger partial charge in [0.05, 0.1) is 6.54 Å². The molecule has 0 aliphatic carbocycles. The zero-order valence-corrected chi connectivity index (χ0v) is 8.34. The highest BCUT2D eigenvalue weighted by atomic mass is 16.2. The molecule has 5 nitrogen and oxygen atoms in total. The van der Waals surface area contributed by atoms with Crippen LogP contribution < -0.4 is 10.7 Å². The van der Waals surface area contributed by atoms with Crippen LogP contribution in [0.5, 0.6) is 0 Å². The van der Waals surface area contributed by atoms with Gasteiger partial charge in [-0.15, -0.1) is 0 Å². The molecule has 0 unspecified atom stereocenters. The van der Waals surface area contributed by atoms with Crippen LogP contribution in [0.2, 0.25) is 0 Å². The second kappa shape index (κ2) is 5.16. The van der Waals surface area contributed by atoms with Crippen LogP contribution in [-0.2, 0) is 4.79 Å². The van der Waals surface area contributed by atoms with Gasteiger partial charge >= 0.3 is 0 Å². The van der Waals surface area contributed by atoms with E-state index in [2.05, 4.69) is 15.6 Å². The lowest BCUT2D eigenvalue weighted by molar-refractivity contribution is -0.126. The summed E-state index contributed by atoms with van der Waals surface area (Å²) in [7, 11) is 3.63. The fourth-order valence-corrected chi connectivity index (χ4v) is 1.36. The molecule has 2 N–H and O–H groups in total. The molecule has 1 aliphatic heterocycles. The number of hydrogen-bond donors (Lipinski definition) is 2. The smallest absolute Gasteiger partial charge is 0.248 e. The number of carbonyl (C=O) groups excluding carboxylic acids is 1. The Morgan fingerprint density at radius 1 is 1.46 bits per heavy atom. The number of hydrogen-bond acceptors (Lipinski definition) is 4. The van der Waals surface area contributed by atoms with Crippen LogP contribution in [0.15, 0.2) is 0 Å². The fraction of sp³-hybridized carbons (Fsp3) is 0.875. The molecule has 0 aromatic rings. The topological polar surface area (TPSA) is 47.6 Å². The zero-order chi connectivity index (χ0) is 9.68. The molecule has 0 saturated carbocycles. The van der Waals surface area contributed by atoms with Gasteiger partial charge < -0.3 is 5.32 Å². The van der Waals surface area contributed by atoms with E-state index in [9.17, 15) is 4.79 Å². The standard InChI is InChI=1S/C8H18N4O/c1-11(2)10-8(13)7-12-5-3-9-4-6-12/h9H,3-7H2,1-2H3,(H,10,13). The monoisotopic (exact) mass is 186 g/mol. The first kappa shape index (κ1) is 10.4. The molecule has 13 heavy (non-hydrogen) atoms. The van der Waals surface area contributed by atoms with Crippen LogP contribution in [-0.4, -0.2) is 62.6 Å². The molecule has 0 atom stereocenters. The van der Waals surface area contributed by atoms with Crippen molar-refractivity contribution in [1.29, 1.82) is 0 Å². The molecule has 0 spiro atoms. The number of piperazine rings is 1. The molecule has 0 aromatic carbocycles. The lowest BCUT2D eigenvalue weighted by atomic mass is 10.3. The minimum atomic E-state index is 0.0619. The summed E-state index contributed by atoms with van der Waals surface area (Å²) < 4.78 is 0.